The Morgan fingerprint density at radius 2 is 1.83 bits per heavy atom. The minimum atomic E-state index is 0.179. The van der Waals surface area contributed by atoms with Crippen molar-refractivity contribution in [2.45, 2.75) is 6.42 Å². The lowest BCUT2D eigenvalue weighted by molar-refractivity contribution is 1.07. The van der Waals surface area contributed by atoms with E-state index in [0.717, 1.165) is 12.0 Å². The monoisotopic (exact) mass is 321 g/mol. The summed E-state index contributed by atoms with van der Waals surface area (Å²) in [5.41, 5.74) is 8.11. The Morgan fingerprint density at radius 3 is 2.52 bits per heavy atom. The van der Waals surface area contributed by atoms with Gasteiger partial charge >= 0.3 is 0 Å². The summed E-state index contributed by atoms with van der Waals surface area (Å²) in [6.45, 7) is 0. The molecule has 0 saturated carbocycles. The largest absolute Gasteiger partial charge is 0.376 e. The highest BCUT2D eigenvalue weighted by Gasteiger charge is 2.18. The molecule has 23 heavy (non-hydrogen) atoms. The summed E-state index contributed by atoms with van der Waals surface area (Å²) in [5, 5.41) is 0.179. The summed E-state index contributed by atoms with van der Waals surface area (Å²) in [4.78, 5) is 14.5. The van der Waals surface area contributed by atoms with Crippen LogP contribution in [0.3, 0.4) is 0 Å². The van der Waals surface area contributed by atoms with Gasteiger partial charge in [-0.15, -0.1) is 0 Å². The summed E-state index contributed by atoms with van der Waals surface area (Å²) in [6, 6.07) is 14.1. The lowest BCUT2D eigenvalue weighted by atomic mass is 10.1. The van der Waals surface area contributed by atoms with Crippen LogP contribution in [0.5, 0.6) is 0 Å². The molecule has 3 aromatic rings. The zero-order valence-corrected chi connectivity index (χ0v) is 13.1. The van der Waals surface area contributed by atoms with Gasteiger partial charge in [0.25, 0.3) is 0 Å². The standard InChI is InChI=1S/C17H15N5S/c18-17(23)22(15-12-19-9-10-20-15)16-14(7-4-8-21-16)11-13-5-2-1-3-6-13/h1-10,12H,11H2,(H2,18,23). The van der Waals surface area contributed by atoms with E-state index in [2.05, 4.69) is 27.1 Å². The van der Waals surface area contributed by atoms with Crippen molar-refractivity contribution in [2.75, 3.05) is 4.90 Å². The maximum atomic E-state index is 5.91. The molecule has 1 aromatic carbocycles. The Labute approximate surface area is 139 Å². The van der Waals surface area contributed by atoms with E-state index in [-0.39, 0.29) is 5.11 Å². The van der Waals surface area contributed by atoms with Crippen LogP contribution in [0.4, 0.5) is 11.6 Å². The zero-order chi connectivity index (χ0) is 16.1. The number of nitrogens with two attached hydrogens (primary N) is 1. The van der Waals surface area contributed by atoms with Gasteiger partial charge in [-0.3, -0.25) is 9.88 Å². The molecule has 0 atom stereocenters. The van der Waals surface area contributed by atoms with Crippen molar-refractivity contribution in [1.82, 2.24) is 15.0 Å². The number of nitrogens with zero attached hydrogens (tertiary/aromatic N) is 4. The summed E-state index contributed by atoms with van der Waals surface area (Å²) in [5.74, 6) is 1.22. The van der Waals surface area contributed by atoms with E-state index in [1.54, 1.807) is 29.7 Å². The molecule has 0 radical (unpaired) electrons. The van der Waals surface area contributed by atoms with E-state index in [9.17, 15) is 0 Å². The van der Waals surface area contributed by atoms with Crippen molar-refractivity contribution in [2.24, 2.45) is 5.73 Å². The normalized spacial score (nSPS) is 10.3. The molecule has 0 aliphatic rings. The number of thiocarbonyl (C=S) groups is 1. The number of aromatic nitrogens is 3. The first-order valence-corrected chi connectivity index (χ1v) is 7.50. The SMILES string of the molecule is NC(=S)N(c1cnccn1)c1ncccc1Cc1ccccc1. The van der Waals surface area contributed by atoms with Gasteiger partial charge in [0, 0.05) is 25.0 Å². The van der Waals surface area contributed by atoms with Gasteiger partial charge in [0.2, 0.25) is 0 Å². The molecular formula is C17H15N5S. The third-order valence-corrected chi connectivity index (χ3v) is 3.50. The summed E-state index contributed by atoms with van der Waals surface area (Å²) in [7, 11) is 0. The van der Waals surface area contributed by atoms with E-state index in [1.165, 1.54) is 5.56 Å². The number of hydrogen-bond donors (Lipinski definition) is 1. The van der Waals surface area contributed by atoms with Crippen LogP contribution < -0.4 is 10.6 Å². The highest BCUT2D eigenvalue weighted by Crippen LogP contribution is 2.26. The van der Waals surface area contributed by atoms with Crippen molar-refractivity contribution in [1.29, 1.82) is 0 Å². The van der Waals surface area contributed by atoms with E-state index in [1.807, 2.05) is 30.3 Å². The van der Waals surface area contributed by atoms with Crippen LogP contribution in [0.25, 0.3) is 0 Å². The first-order valence-electron chi connectivity index (χ1n) is 7.09. The first-order chi connectivity index (χ1) is 11.3. The van der Waals surface area contributed by atoms with E-state index in [0.29, 0.717) is 11.6 Å². The number of benzene rings is 1. The van der Waals surface area contributed by atoms with Crippen molar-refractivity contribution in [3.8, 4) is 0 Å². The van der Waals surface area contributed by atoms with Gasteiger partial charge in [-0.2, -0.15) is 0 Å². The predicted octanol–water partition coefficient (Wildman–Crippen LogP) is 2.84. The van der Waals surface area contributed by atoms with Gasteiger partial charge in [-0.25, -0.2) is 9.97 Å². The molecule has 0 saturated heterocycles. The minimum Gasteiger partial charge on any atom is -0.376 e. The Balaban J connectivity index is 2.03. The Hall–Kier alpha value is -2.86. The fourth-order valence-corrected chi connectivity index (χ4v) is 2.50. The minimum absolute atomic E-state index is 0.179. The van der Waals surface area contributed by atoms with E-state index < -0.39 is 0 Å². The Bertz CT molecular complexity index is 792. The maximum absolute atomic E-state index is 5.91. The predicted molar refractivity (Wildman–Crippen MR) is 94.4 cm³/mol. The van der Waals surface area contributed by atoms with Gasteiger partial charge < -0.3 is 5.73 Å². The average Bonchev–Trinajstić information content (AvgIpc) is 2.58. The van der Waals surface area contributed by atoms with Gasteiger partial charge in [0.1, 0.15) is 5.82 Å². The van der Waals surface area contributed by atoms with Crippen LogP contribution in [0.1, 0.15) is 11.1 Å². The van der Waals surface area contributed by atoms with E-state index in [4.69, 9.17) is 18.0 Å². The summed E-state index contributed by atoms with van der Waals surface area (Å²) >= 11 is 5.20. The molecule has 2 N–H and O–H groups in total. The molecule has 2 heterocycles. The average molecular weight is 321 g/mol. The highest BCUT2D eigenvalue weighted by atomic mass is 32.1. The molecule has 0 bridgehead atoms. The molecule has 5 nitrogen and oxygen atoms in total. The summed E-state index contributed by atoms with van der Waals surface area (Å²) in [6.07, 6.45) is 7.25. The summed E-state index contributed by atoms with van der Waals surface area (Å²) < 4.78 is 0. The van der Waals surface area contributed by atoms with Gasteiger partial charge in [-0.05, 0) is 29.4 Å². The molecular weight excluding hydrogens is 306 g/mol. The third kappa shape index (κ3) is 3.49. The molecule has 3 rings (SSSR count). The van der Waals surface area contributed by atoms with Gasteiger partial charge in [0.05, 0.1) is 6.20 Å². The molecule has 0 aliphatic carbocycles. The fourth-order valence-electron chi connectivity index (χ4n) is 2.32. The quantitative estimate of drug-likeness (QED) is 0.745. The first kappa shape index (κ1) is 15.1. The lowest BCUT2D eigenvalue weighted by Gasteiger charge is -2.22. The second-order valence-corrected chi connectivity index (χ2v) is 5.30. The van der Waals surface area contributed by atoms with Crippen LogP contribution in [0, 0.1) is 0 Å². The second kappa shape index (κ2) is 6.93. The number of pyridine rings is 1. The molecule has 2 aromatic heterocycles. The highest BCUT2D eigenvalue weighted by molar-refractivity contribution is 7.80. The molecule has 0 fully saturated rings. The lowest BCUT2D eigenvalue weighted by Crippen LogP contribution is -2.33. The zero-order valence-electron chi connectivity index (χ0n) is 12.3. The number of anilines is 2. The molecule has 0 amide bonds. The van der Waals surface area contributed by atoms with Crippen molar-refractivity contribution in [3.05, 3.63) is 78.4 Å². The van der Waals surface area contributed by atoms with Crippen LogP contribution in [0.15, 0.2) is 67.3 Å². The number of hydrogen-bond acceptors (Lipinski definition) is 4. The molecule has 0 aliphatic heterocycles. The third-order valence-electron chi connectivity index (χ3n) is 3.32. The Kier molecular flexibility index (Phi) is 4.54. The van der Waals surface area contributed by atoms with Gasteiger partial charge in [0.15, 0.2) is 10.9 Å². The van der Waals surface area contributed by atoms with Crippen molar-refractivity contribution >= 4 is 29.0 Å². The van der Waals surface area contributed by atoms with Crippen molar-refractivity contribution < 1.29 is 0 Å². The second-order valence-electron chi connectivity index (χ2n) is 4.89. The fraction of sp³-hybridized carbons (Fsp3) is 0.0588. The van der Waals surface area contributed by atoms with Crippen LogP contribution >= 0.6 is 12.2 Å². The van der Waals surface area contributed by atoms with Crippen molar-refractivity contribution in [3.63, 3.8) is 0 Å². The molecule has 114 valence electrons. The molecule has 0 unspecified atom stereocenters. The van der Waals surface area contributed by atoms with Gasteiger partial charge in [-0.1, -0.05) is 36.4 Å². The Morgan fingerprint density at radius 1 is 1.00 bits per heavy atom. The molecule has 0 spiro atoms. The number of rotatable bonds is 4. The molecule has 6 heteroatoms. The van der Waals surface area contributed by atoms with Crippen LogP contribution in [-0.4, -0.2) is 20.1 Å². The smallest absolute Gasteiger partial charge is 0.177 e. The maximum Gasteiger partial charge on any atom is 0.177 e. The van der Waals surface area contributed by atoms with Crippen LogP contribution in [0.2, 0.25) is 0 Å². The van der Waals surface area contributed by atoms with Crippen LogP contribution in [-0.2, 0) is 6.42 Å². The topological polar surface area (TPSA) is 67.9 Å². The van der Waals surface area contributed by atoms with E-state index >= 15 is 0 Å².